The number of halogens is 1. The molecule has 9 heteroatoms. The molecule has 0 atom stereocenters. The Morgan fingerprint density at radius 3 is 2.83 bits per heavy atom. The number of amides is 1. The summed E-state index contributed by atoms with van der Waals surface area (Å²) in [5.41, 5.74) is 0.0523. The van der Waals surface area contributed by atoms with Crippen LogP contribution in [0.5, 0.6) is 0 Å². The third-order valence-electron chi connectivity index (χ3n) is 1.98. The van der Waals surface area contributed by atoms with E-state index in [0.717, 1.165) is 0 Å². The minimum Gasteiger partial charge on any atom is -0.358 e. The molecular weight excluding hydrogens is 262 g/mol. The van der Waals surface area contributed by atoms with E-state index in [4.69, 9.17) is 11.6 Å². The summed E-state index contributed by atoms with van der Waals surface area (Å²) >= 11 is 5.55. The van der Waals surface area contributed by atoms with E-state index >= 15 is 0 Å². The number of aromatic nitrogens is 3. The largest absolute Gasteiger partial charge is 0.358 e. The second-order valence-corrected chi connectivity index (χ2v) is 3.52. The van der Waals surface area contributed by atoms with Crippen LogP contribution in [0.3, 0.4) is 0 Å². The summed E-state index contributed by atoms with van der Waals surface area (Å²) in [4.78, 5) is 31.3. The zero-order chi connectivity index (χ0) is 13.1. The molecule has 2 rings (SSSR count). The molecule has 0 spiro atoms. The van der Waals surface area contributed by atoms with Crippen molar-refractivity contribution in [2.24, 2.45) is 0 Å². The highest BCUT2D eigenvalue weighted by Gasteiger charge is 2.15. The van der Waals surface area contributed by atoms with Crippen LogP contribution in [-0.2, 0) is 0 Å². The van der Waals surface area contributed by atoms with Crippen molar-refractivity contribution in [2.45, 2.75) is 0 Å². The molecule has 0 saturated heterocycles. The van der Waals surface area contributed by atoms with Crippen LogP contribution >= 0.6 is 11.6 Å². The molecule has 2 heterocycles. The van der Waals surface area contributed by atoms with Gasteiger partial charge in [-0.15, -0.1) is 0 Å². The summed E-state index contributed by atoms with van der Waals surface area (Å²) in [5.74, 6) is -0.615. The lowest BCUT2D eigenvalue weighted by Gasteiger charge is -2.00. The molecule has 92 valence electrons. The van der Waals surface area contributed by atoms with E-state index in [9.17, 15) is 14.9 Å². The number of hydrogen-bond donors (Lipinski definition) is 2. The van der Waals surface area contributed by atoms with E-state index in [-0.39, 0.29) is 22.6 Å². The Bertz CT molecular complexity index is 612. The average molecular weight is 268 g/mol. The lowest BCUT2D eigenvalue weighted by atomic mass is 10.4. The second kappa shape index (κ2) is 4.80. The predicted molar refractivity (Wildman–Crippen MR) is 62.4 cm³/mol. The first-order chi connectivity index (χ1) is 8.56. The first-order valence-electron chi connectivity index (χ1n) is 4.69. The Morgan fingerprint density at radius 1 is 1.44 bits per heavy atom. The fourth-order valence-corrected chi connectivity index (χ4v) is 1.36. The SMILES string of the molecule is O=C(Nc1ccnc(Cl)n1)c1ccc([N+](=O)[O-])[nH]1. The van der Waals surface area contributed by atoms with Crippen molar-refractivity contribution < 1.29 is 9.72 Å². The quantitative estimate of drug-likeness (QED) is 0.498. The summed E-state index contributed by atoms with van der Waals surface area (Å²) < 4.78 is 0. The van der Waals surface area contributed by atoms with Crippen LogP contribution in [-0.4, -0.2) is 25.8 Å². The number of anilines is 1. The summed E-state index contributed by atoms with van der Waals surface area (Å²) in [6.45, 7) is 0. The average Bonchev–Trinajstić information content (AvgIpc) is 2.78. The smallest absolute Gasteiger partial charge is 0.321 e. The standard InChI is InChI=1S/C9H6ClN5O3/c10-9-11-4-3-6(14-9)13-8(16)5-1-2-7(12-5)15(17)18/h1-4,12H,(H,11,13,14,16). The Morgan fingerprint density at radius 2 is 2.22 bits per heavy atom. The minimum absolute atomic E-state index is 0.00901. The summed E-state index contributed by atoms with van der Waals surface area (Å²) in [7, 11) is 0. The molecule has 0 bridgehead atoms. The van der Waals surface area contributed by atoms with Gasteiger partial charge in [0.05, 0.1) is 0 Å². The molecule has 2 aromatic heterocycles. The van der Waals surface area contributed by atoms with E-state index in [0.29, 0.717) is 0 Å². The highest BCUT2D eigenvalue weighted by molar-refractivity contribution is 6.28. The molecule has 0 aliphatic rings. The van der Waals surface area contributed by atoms with Gasteiger partial charge in [0.15, 0.2) is 5.69 Å². The number of nitro groups is 1. The molecule has 2 aromatic rings. The van der Waals surface area contributed by atoms with Crippen LogP contribution in [0, 0.1) is 10.1 Å². The Hall–Kier alpha value is -2.48. The van der Waals surface area contributed by atoms with Crippen molar-refractivity contribution in [3.63, 3.8) is 0 Å². The van der Waals surface area contributed by atoms with Gasteiger partial charge >= 0.3 is 5.82 Å². The molecule has 0 aromatic carbocycles. The molecule has 0 fully saturated rings. The van der Waals surface area contributed by atoms with Gasteiger partial charge in [0.25, 0.3) is 5.91 Å². The van der Waals surface area contributed by atoms with Gasteiger partial charge < -0.3 is 15.4 Å². The molecule has 0 unspecified atom stereocenters. The van der Waals surface area contributed by atoms with Crippen molar-refractivity contribution >= 4 is 29.1 Å². The van der Waals surface area contributed by atoms with Crippen LogP contribution in [0.25, 0.3) is 0 Å². The molecule has 0 aliphatic heterocycles. The zero-order valence-corrected chi connectivity index (χ0v) is 9.51. The highest BCUT2D eigenvalue weighted by atomic mass is 35.5. The molecular formula is C9H6ClN5O3. The van der Waals surface area contributed by atoms with E-state index < -0.39 is 10.8 Å². The van der Waals surface area contributed by atoms with Gasteiger partial charge in [0.1, 0.15) is 5.82 Å². The molecule has 18 heavy (non-hydrogen) atoms. The van der Waals surface area contributed by atoms with E-state index in [2.05, 4.69) is 20.3 Å². The van der Waals surface area contributed by atoms with Crippen molar-refractivity contribution in [3.05, 3.63) is 45.5 Å². The first-order valence-corrected chi connectivity index (χ1v) is 5.07. The Labute approximate surface area is 105 Å². The molecule has 2 N–H and O–H groups in total. The molecule has 8 nitrogen and oxygen atoms in total. The maximum Gasteiger partial charge on any atom is 0.321 e. The van der Waals surface area contributed by atoms with Gasteiger partial charge in [0, 0.05) is 12.3 Å². The van der Waals surface area contributed by atoms with Gasteiger partial charge in [-0.3, -0.25) is 4.79 Å². The topological polar surface area (TPSA) is 114 Å². The Kier molecular flexibility index (Phi) is 3.20. The number of nitrogens with one attached hydrogen (secondary N) is 2. The Balaban J connectivity index is 2.14. The maximum absolute atomic E-state index is 11.7. The van der Waals surface area contributed by atoms with Gasteiger partial charge in [-0.2, -0.15) is 0 Å². The predicted octanol–water partition coefficient (Wildman–Crippen LogP) is 1.62. The van der Waals surface area contributed by atoms with Crippen LogP contribution in [0.2, 0.25) is 5.28 Å². The molecule has 0 saturated carbocycles. The molecule has 1 amide bonds. The second-order valence-electron chi connectivity index (χ2n) is 3.18. The van der Waals surface area contributed by atoms with Crippen LogP contribution in [0.1, 0.15) is 10.5 Å². The summed E-state index contributed by atoms with van der Waals surface area (Å²) in [6, 6.07) is 3.94. The molecule has 0 radical (unpaired) electrons. The molecule has 0 aliphatic carbocycles. The van der Waals surface area contributed by atoms with Crippen LogP contribution in [0.4, 0.5) is 11.6 Å². The number of H-pyrrole nitrogens is 1. The number of hydrogen-bond acceptors (Lipinski definition) is 5. The van der Waals surface area contributed by atoms with Gasteiger partial charge in [-0.1, -0.05) is 0 Å². The highest BCUT2D eigenvalue weighted by Crippen LogP contribution is 2.12. The van der Waals surface area contributed by atoms with Crippen molar-refractivity contribution in [1.29, 1.82) is 0 Å². The van der Waals surface area contributed by atoms with Crippen LogP contribution in [0.15, 0.2) is 24.4 Å². The first kappa shape index (κ1) is 12.0. The maximum atomic E-state index is 11.7. The van der Waals surface area contributed by atoms with Gasteiger partial charge in [0.2, 0.25) is 5.28 Å². The van der Waals surface area contributed by atoms with Crippen molar-refractivity contribution in [2.75, 3.05) is 5.32 Å². The lowest BCUT2D eigenvalue weighted by molar-refractivity contribution is -0.389. The number of nitrogens with zero attached hydrogens (tertiary/aromatic N) is 3. The number of carbonyl (C=O) groups excluding carboxylic acids is 1. The normalized spacial score (nSPS) is 10.1. The summed E-state index contributed by atoms with van der Waals surface area (Å²) in [5, 5.41) is 12.9. The van der Waals surface area contributed by atoms with Crippen LogP contribution < -0.4 is 5.32 Å². The fraction of sp³-hybridized carbons (Fsp3) is 0. The zero-order valence-electron chi connectivity index (χ0n) is 8.75. The van der Waals surface area contributed by atoms with E-state index in [1.54, 1.807) is 0 Å². The third kappa shape index (κ3) is 2.61. The third-order valence-corrected chi connectivity index (χ3v) is 2.16. The number of aromatic amines is 1. The van der Waals surface area contributed by atoms with Crippen molar-refractivity contribution in [1.82, 2.24) is 15.0 Å². The van der Waals surface area contributed by atoms with Crippen molar-refractivity contribution in [3.8, 4) is 0 Å². The van der Waals surface area contributed by atoms with Gasteiger partial charge in [-0.25, -0.2) is 15.0 Å². The summed E-state index contributed by atoms with van der Waals surface area (Å²) in [6.07, 6.45) is 1.38. The monoisotopic (exact) mass is 267 g/mol. The lowest BCUT2D eigenvalue weighted by Crippen LogP contribution is -2.13. The van der Waals surface area contributed by atoms with E-state index in [1.165, 1.54) is 24.4 Å². The fourth-order valence-electron chi connectivity index (χ4n) is 1.21. The minimum atomic E-state index is -0.627. The van der Waals surface area contributed by atoms with E-state index in [1.807, 2.05) is 0 Å². The number of carbonyl (C=O) groups is 1. The number of rotatable bonds is 3. The van der Waals surface area contributed by atoms with Gasteiger partial charge in [-0.05, 0) is 28.7 Å².